The lowest BCUT2D eigenvalue weighted by atomic mass is 10.1. The summed E-state index contributed by atoms with van der Waals surface area (Å²) in [6.07, 6.45) is 0.650. The van der Waals surface area contributed by atoms with Gasteiger partial charge in [0.25, 0.3) is 0 Å². The molecule has 0 aliphatic carbocycles. The van der Waals surface area contributed by atoms with Crippen LogP contribution >= 0.6 is 15.9 Å². The van der Waals surface area contributed by atoms with Crippen LogP contribution < -0.4 is 4.74 Å². The first-order valence-electron chi connectivity index (χ1n) is 4.70. The number of ether oxygens (including phenoxy) is 2. The van der Waals surface area contributed by atoms with Crippen LogP contribution in [0.3, 0.4) is 0 Å². The molecule has 1 aromatic rings. The Hall–Kier alpha value is -0.580. The number of aliphatic hydroxyl groups excluding tert-OH is 1. The van der Waals surface area contributed by atoms with Crippen molar-refractivity contribution in [1.82, 2.24) is 0 Å². The Morgan fingerprint density at radius 2 is 2.13 bits per heavy atom. The van der Waals surface area contributed by atoms with Crippen molar-refractivity contribution < 1.29 is 14.6 Å². The number of aryl methyl sites for hydroxylation is 1. The quantitative estimate of drug-likeness (QED) is 0.838. The van der Waals surface area contributed by atoms with E-state index in [1.54, 1.807) is 7.11 Å². The first kappa shape index (κ1) is 12.5. The van der Waals surface area contributed by atoms with Crippen molar-refractivity contribution >= 4 is 15.9 Å². The molecule has 15 heavy (non-hydrogen) atoms. The van der Waals surface area contributed by atoms with Crippen molar-refractivity contribution in [2.45, 2.75) is 13.3 Å². The molecular weight excluding hydrogens is 260 g/mol. The van der Waals surface area contributed by atoms with Crippen molar-refractivity contribution in [2.75, 3.05) is 20.5 Å². The molecule has 0 spiro atoms. The molecule has 0 aromatic heterocycles. The van der Waals surface area contributed by atoms with Crippen LogP contribution in [-0.4, -0.2) is 25.6 Å². The molecule has 84 valence electrons. The summed E-state index contributed by atoms with van der Waals surface area (Å²) in [5.74, 6) is 0.767. The average Bonchev–Trinajstić information content (AvgIpc) is 2.20. The van der Waals surface area contributed by atoms with Gasteiger partial charge in [-0.1, -0.05) is 15.9 Å². The minimum absolute atomic E-state index is 0.151. The van der Waals surface area contributed by atoms with Gasteiger partial charge in [0.2, 0.25) is 0 Å². The molecule has 4 heteroatoms. The normalized spacial score (nSPS) is 10.4. The number of benzene rings is 1. The second-order valence-corrected chi connectivity index (χ2v) is 4.08. The third kappa shape index (κ3) is 3.48. The highest BCUT2D eigenvalue weighted by atomic mass is 79.9. The molecule has 0 radical (unpaired) electrons. The molecule has 0 atom stereocenters. The van der Waals surface area contributed by atoms with Gasteiger partial charge in [0.15, 0.2) is 6.79 Å². The van der Waals surface area contributed by atoms with Gasteiger partial charge in [-0.2, -0.15) is 0 Å². The van der Waals surface area contributed by atoms with E-state index in [4.69, 9.17) is 14.6 Å². The smallest absolute Gasteiger partial charge is 0.188 e. The van der Waals surface area contributed by atoms with Crippen molar-refractivity contribution in [1.29, 1.82) is 0 Å². The molecule has 0 saturated heterocycles. The lowest BCUT2D eigenvalue weighted by Gasteiger charge is -2.11. The fraction of sp³-hybridized carbons (Fsp3) is 0.455. The van der Waals surface area contributed by atoms with Crippen molar-refractivity contribution in [2.24, 2.45) is 0 Å². The number of aliphatic hydroxyl groups is 1. The number of halogens is 1. The SMILES string of the molecule is COCOc1cc(C)c(CCO)c(Br)c1. The highest BCUT2D eigenvalue weighted by molar-refractivity contribution is 9.10. The summed E-state index contributed by atoms with van der Waals surface area (Å²) in [6, 6.07) is 3.83. The van der Waals surface area contributed by atoms with Crippen LogP contribution in [-0.2, 0) is 11.2 Å². The van der Waals surface area contributed by atoms with Crippen molar-refractivity contribution in [3.8, 4) is 5.75 Å². The van der Waals surface area contributed by atoms with E-state index in [0.717, 1.165) is 21.3 Å². The second-order valence-electron chi connectivity index (χ2n) is 3.23. The lowest BCUT2D eigenvalue weighted by molar-refractivity contribution is 0.0510. The fourth-order valence-corrected chi connectivity index (χ4v) is 2.12. The molecule has 0 fully saturated rings. The van der Waals surface area contributed by atoms with E-state index in [1.807, 2.05) is 19.1 Å². The molecule has 1 aromatic carbocycles. The van der Waals surface area contributed by atoms with Crippen LogP contribution in [0, 0.1) is 6.92 Å². The molecule has 3 nitrogen and oxygen atoms in total. The number of rotatable bonds is 5. The molecule has 0 aliphatic rings. The maximum absolute atomic E-state index is 8.91. The molecule has 1 N–H and O–H groups in total. The second kappa shape index (κ2) is 6.10. The van der Waals surface area contributed by atoms with Gasteiger partial charge in [0.1, 0.15) is 5.75 Å². The Kier molecular flexibility index (Phi) is 5.08. The zero-order chi connectivity index (χ0) is 11.3. The maximum atomic E-state index is 8.91. The summed E-state index contributed by atoms with van der Waals surface area (Å²) in [5, 5.41) is 8.91. The van der Waals surface area contributed by atoms with Crippen LogP contribution in [0.5, 0.6) is 5.75 Å². The van der Waals surface area contributed by atoms with Gasteiger partial charge >= 0.3 is 0 Å². The van der Waals surface area contributed by atoms with E-state index < -0.39 is 0 Å². The number of hydrogen-bond acceptors (Lipinski definition) is 3. The summed E-state index contributed by atoms with van der Waals surface area (Å²) in [4.78, 5) is 0. The lowest BCUT2D eigenvalue weighted by Crippen LogP contribution is -2.01. The molecule has 0 heterocycles. The third-order valence-corrected chi connectivity index (χ3v) is 2.80. The van der Waals surface area contributed by atoms with E-state index >= 15 is 0 Å². The standard InChI is InChI=1S/C11H15BrO3/c1-8-5-9(15-7-14-2)6-11(12)10(8)3-4-13/h5-6,13H,3-4,7H2,1-2H3. The van der Waals surface area contributed by atoms with Crippen LogP contribution in [0.4, 0.5) is 0 Å². The Labute approximate surface area is 98.1 Å². The molecule has 0 aliphatic heterocycles. The Morgan fingerprint density at radius 1 is 1.40 bits per heavy atom. The predicted molar refractivity (Wildman–Crippen MR) is 62.2 cm³/mol. The van der Waals surface area contributed by atoms with Gasteiger partial charge < -0.3 is 14.6 Å². The van der Waals surface area contributed by atoms with Gasteiger partial charge in [0.05, 0.1) is 0 Å². The Bertz CT molecular complexity index is 303. The van der Waals surface area contributed by atoms with Crippen molar-refractivity contribution in [3.05, 3.63) is 27.7 Å². The first-order valence-corrected chi connectivity index (χ1v) is 5.50. The summed E-state index contributed by atoms with van der Waals surface area (Å²) in [5.41, 5.74) is 2.21. The highest BCUT2D eigenvalue weighted by Crippen LogP contribution is 2.27. The van der Waals surface area contributed by atoms with Crippen molar-refractivity contribution in [3.63, 3.8) is 0 Å². The Balaban J connectivity index is 2.87. The first-order chi connectivity index (χ1) is 7.19. The molecule has 0 amide bonds. The van der Waals surface area contributed by atoms with Crippen LogP contribution in [0.15, 0.2) is 16.6 Å². The highest BCUT2D eigenvalue weighted by Gasteiger charge is 2.06. The Morgan fingerprint density at radius 3 is 2.67 bits per heavy atom. The minimum Gasteiger partial charge on any atom is -0.468 e. The van der Waals surface area contributed by atoms with Gasteiger partial charge in [-0.25, -0.2) is 0 Å². The van der Waals surface area contributed by atoms with Gasteiger partial charge in [-0.05, 0) is 36.6 Å². The van der Waals surface area contributed by atoms with Gasteiger partial charge in [-0.3, -0.25) is 0 Å². The number of hydrogen-bond donors (Lipinski definition) is 1. The summed E-state index contributed by atoms with van der Waals surface area (Å²) in [6.45, 7) is 2.39. The molecule has 1 rings (SSSR count). The average molecular weight is 275 g/mol. The molecule has 0 saturated carbocycles. The van der Waals surface area contributed by atoms with Gasteiger partial charge in [-0.15, -0.1) is 0 Å². The number of methoxy groups -OCH3 is 1. The molecular formula is C11H15BrO3. The molecule has 0 unspecified atom stereocenters. The third-order valence-electron chi connectivity index (χ3n) is 2.10. The zero-order valence-corrected chi connectivity index (χ0v) is 10.5. The van der Waals surface area contributed by atoms with E-state index in [2.05, 4.69) is 15.9 Å². The van der Waals surface area contributed by atoms with Gasteiger partial charge in [0, 0.05) is 18.2 Å². The van der Waals surface area contributed by atoms with E-state index in [9.17, 15) is 0 Å². The largest absolute Gasteiger partial charge is 0.468 e. The topological polar surface area (TPSA) is 38.7 Å². The zero-order valence-electron chi connectivity index (χ0n) is 8.92. The van der Waals surface area contributed by atoms with E-state index in [0.29, 0.717) is 6.42 Å². The monoisotopic (exact) mass is 274 g/mol. The summed E-state index contributed by atoms with van der Waals surface area (Å²) in [7, 11) is 1.59. The molecule has 0 bridgehead atoms. The fourth-order valence-electron chi connectivity index (χ4n) is 1.38. The van der Waals surface area contributed by atoms with Crippen LogP contribution in [0.1, 0.15) is 11.1 Å². The predicted octanol–water partition coefficient (Wildman–Crippen LogP) is 2.28. The van der Waals surface area contributed by atoms with Crippen LogP contribution in [0.25, 0.3) is 0 Å². The van der Waals surface area contributed by atoms with Crippen LogP contribution in [0.2, 0.25) is 0 Å². The van der Waals surface area contributed by atoms with E-state index in [-0.39, 0.29) is 13.4 Å². The van der Waals surface area contributed by atoms with E-state index in [1.165, 1.54) is 0 Å². The minimum atomic E-state index is 0.151. The summed E-state index contributed by atoms with van der Waals surface area (Å²) >= 11 is 3.46. The summed E-state index contributed by atoms with van der Waals surface area (Å²) < 4.78 is 11.1. The maximum Gasteiger partial charge on any atom is 0.188 e.